The maximum absolute atomic E-state index is 13.7. The normalized spacial score (nSPS) is 18.2. The van der Waals surface area contributed by atoms with Crippen molar-refractivity contribution in [2.75, 3.05) is 6.54 Å². The number of aliphatic carboxylic acids is 1. The van der Waals surface area contributed by atoms with Crippen molar-refractivity contribution in [3.05, 3.63) is 35.5 Å². The second kappa shape index (κ2) is 11.1. The largest absolute Gasteiger partial charge is 0.480 e. The van der Waals surface area contributed by atoms with E-state index in [4.69, 9.17) is 0 Å². The molecule has 8 nitrogen and oxygen atoms in total. The number of amides is 2. The number of fused-ring (bicyclic) bond motifs is 1. The van der Waals surface area contributed by atoms with Crippen LogP contribution in [-0.4, -0.2) is 57.2 Å². The van der Waals surface area contributed by atoms with Crippen molar-refractivity contribution in [3.63, 3.8) is 0 Å². The van der Waals surface area contributed by atoms with Crippen LogP contribution >= 0.6 is 0 Å². The van der Waals surface area contributed by atoms with Gasteiger partial charge in [-0.2, -0.15) is 0 Å². The van der Waals surface area contributed by atoms with Crippen LogP contribution in [-0.2, 0) is 14.4 Å². The molecule has 0 radical (unpaired) electrons. The Bertz CT molecular complexity index is 1100. The summed E-state index contributed by atoms with van der Waals surface area (Å²) in [6, 6.07) is 6.25. The SMILES string of the molecule is Cc1[nH]c2ccccc2c1C(=O)C(=O)N(CC(=O)O)C(C(=O)NC1CCCCC1)C1CCCCC1. The Morgan fingerprint density at radius 1 is 1.00 bits per heavy atom. The maximum atomic E-state index is 13.7. The number of carbonyl (C=O) groups excluding carboxylic acids is 3. The summed E-state index contributed by atoms with van der Waals surface area (Å²) in [5, 5.41) is 13.4. The first kappa shape index (κ1) is 24.9. The minimum atomic E-state index is -1.24. The second-order valence-electron chi connectivity index (χ2n) is 10.0. The lowest BCUT2D eigenvalue weighted by Gasteiger charge is -2.38. The number of ketones is 1. The number of hydrogen-bond donors (Lipinski definition) is 3. The van der Waals surface area contributed by atoms with Crippen LogP contribution in [0.2, 0.25) is 0 Å². The van der Waals surface area contributed by atoms with Gasteiger partial charge in [0.2, 0.25) is 5.91 Å². The predicted molar refractivity (Wildman–Crippen MR) is 132 cm³/mol. The minimum absolute atomic E-state index is 0.0238. The van der Waals surface area contributed by atoms with Crippen LogP contribution in [0.1, 0.15) is 80.3 Å². The predicted octanol–water partition coefficient (Wildman–Crippen LogP) is 3.97. The minimum Gasteiger partial charge on any atom is -0.480 e. The van der Waals surface area contributed by atoms with E-state index in [2.05, 4.69) is 10.3 Å². The van der Waals surface area contributed by atoms with Gasteiger partial charge in [-0.25, -0.2) is 0 Å². The van der Waals surface area contributed by atoms with Gasteiger partial charge in [0, 0.05) is 22.6 Å². The number of carbonyl (C=O) groups is 4. The summed E-state index contributed by atoms with van der Waals surface area (Å²) in [7, 11) is 0. The number of nitrogens with one attached hydrogen (secondary N) is 2. The van der Waals surface area contributed by atoms with Gasteiger partial charge in [0.15, 0.2) is 0 Å². The van der Waals surface area contributed by atoms with E-state index in [-0.39, 0.29) is 23.4 Å². The van der Waals surface area contributed by atoms with Crippen molar-refractivity contribution in [2.24, 2.45) is 5.92 Å². The second-order valence-corrected chi connectivity index (χ2v) is 10.0. The molecule has 0 saturated heterocycles. The first-order valence-corrected chi connectivity index (χ1v) is 12.8. The molecule has 1 aromatic carbocycles. The summed E-state index contributed by atoms with van der Waals surface area (Å²) in [4.78, 5) is 56.8. The van der Waals surface area contributed by atoms with Gasteiger partial charge < -0.3 is 20.3 Å². The zero-order valence-electron chi connectivity index (χ0n) is 20.3. The van der Waals surface area contributed by atoms with Crippen molar-refractivity contribution in [1.29, 1.82) is 0 Å². The summed E-state index contributed by atoms with van der Waals surface area (Å²) < 4.78 is 0. The highest BCUT2D eigenvalue weighted by atomic mass is 16.4. The Hall–Kier alpha value is -3.16. The summed E-state index contributed by atoms with van der Waals surface area (Å²) in [6.07, 6.45) is 9.31. The van der Waals surface area contributed by atoms with Gasteiger partial charge in [-0.05, 0) is 44.6 Å². The zero-order chi connectivity index (χ0) is 24.9. The highest BCUT2D eigenvalue weighted by Crippen LogP contribution is 2.31. The van der Waals surface area contributed by atoms with Gasteiger partial charge in [-0.3, -0.25) is 19.2 Å². The molecule has 3 N–H and O–H groups in total. The molecule has 2 aliphatic carbocycles. The fourth-order valence-electron chi connectivity index (χ4n) is 5.84. The van der Waals surface area contributed by atoms with Crippen LogP contribution in [0, 0.1) is 12.8 Å². The van der Waals surface area contributed by atoms with Crippen LogP contribution in [0.3, 0.4) is 0 Å². The van der Waals surface area contributed by atoms with Crippen molar-refractivity contribution in [2.45, 2.75) is 83.2 Å². The first-order chi connectivity index (χ1) is 16.9. The topological polar surface area (TPSA) is 120 Å². The molecule has 2 amide bonds. The Kier molecular flexibility index (Phi) is 7.88. The number of H-pyrrole nitrogens is 1. The number of para-hydroxylation sites is 1. The number of nitrogens with zero attached hydrogens (tertiary/aromatic N) is 1. The molecular formula is C27H35N3O5. The van der Waals surface area contributed by atoms with Crippen molar-refractivity contribution in [3.8, 4) is 0 Å². The average molecular weight is 482 g/mol. The van der Waals surface area contributed by atoms with Gasteiger partial charge in [0.1, 0.15) is 12.6 Å². The Morgan fingerprint density at radius 3 is 2.29 bits per heavy atom. The first-order valence-electron chi connectivity index (χ1n) is 12.8. The molecule has 4 rings (SSSR count). The molecule has 1 unspecified atom stereocenters. The number of Topliss-reactive ketones (excluding diaryl/α,β-unsaturated/α-hetero) is 1. The molecule has 0 aliphatic heterocycles. The third kappa shape index (κ3) is 5.57. The fraction of sp³-hybridized carbons (Fsp3) is 0.556. The molecule has 2 fully saturated rings. The van der Waals surface area contributed by atoms with Crippen molar-refractivity contribution >= 4 is 34.5 Å². The fourth-order valence-corrected chi connectivity index (χ4v) is 5.84. The molecule has 1 aromatic heterocycles. The molecule has 2 saturated carbocycles. The third-order valence-electron chi connectivity index (χ3n) is 7.53. The van der Waals surface area contributed by atoms with Crippen LogP contribution in [0.25, 0.3) is 10.9 Å². The molecular weight excluding hydrogens is 446 g/mol. The van der Waals surface area contributed by atoms with E-state index in [9.17, 15) is 24.3 Å². The maximum Gasteiger partial charge on any atom is 0.323 e. The Morgan fingerprint density at radius 2 is 1.63 bits per heavy atom. The number of benzene rings is 1. The number of aryl methyl sites for hydroxylation is 1. The van der Waals surface area contributed by atoms with Gasteiger partial charge in [-0.15, -0.1) is 0 Å². The molecule has 2 aromatic rings. The summed E-state index contributed by atoms with van der Waals surface area (Å²) >= 11 is 0. The van der Waals surface area contributed by atoms with Gasteiger partial charge in [0.05, 0.1) is 5.56 Å². The lowest BCUT2D eigenvalue weighted by atomic mass is 9.82. The van der Waals surface area contributed by atoms with Crippen molar-refractivity contribution in [1.82, 2.24) is 15.2 Å². The number of carboxylic acid groups (broad SMARTS) is 1. The molecule has 2 aliphatic rings. The highest BCUT2D eigenvalue weighted by Gasteiger charge is 2.41. The summed E-state index contributed by atoms with van der Waals surface area (Å²) in [5.74, 6) is -3.47. The van der Waals surface area contributed by atoms with Gasteiger partial charge >= 0.3 is 5.97 Å². The van der Waals surface area contributed by atoms with E-state index in [1.54, 1.807) is 19.1 Å². The monoisotopic (exact) mass is 481 g/mol. The molecule has 1 atom stereocenters. The number of aromatic amines is 1. The van der Waals surface area contributed by atoms with Crippen LogP contribution in [0.15, 0.2) is 24.3 Å². The number of carboxylic acids is 1. The molecule has 8 heteroatoms. The number of rotatable bonds is 8. The van der Waals surface area contributed by atoms with Crippen LogP contribution in [0.5, 0.6) is 0 Å². The lowest BCUT2D eigenvalue weighted by Crippen LogP contribution is -2.58. The summed E-state index contributed by atoms with van der Waals surface area (Å²) in [5.41, 5.74) is 1.50. The average Bonchev–Trinajstić information content (AvgIpc) is 3.19. The van der Waals surface area contributed by atoms with E-state index in [1.807, 2.05) is 12.1 Å². The molecule has 0 bridgehead atoms. The van der Waals surface area contributed by atoms with Crippen molar-refractivity contribution < 1.29 is 24.3 Å². The van der Waals surface area contributed by atoms with Crippen LogP contribution in [0.4, 0.5) is 0 Å². The van der Waals surface area contributed by atoms with E-state index in [0.29, 0.717) is 11.1 Å². The Balaban J connectivity index is 1.67. The van der Waals surface area contributed by atoms with E-state index < -0.39 is 30.2 Å². The lowest BCUT2D eigenvalue weighted by molar-refractivity contribution is -0.148. The standard InChI is InChI=1S/C27H35N3O5/c1-17-23(20-14-8-9-15-21(20)28-17)25(33)27(35)30(16-22(31)32)24(18-10-4-2-5-11-18)26(34)29-19-12-6-3-7-13-19/h8-9,14-15,18-19,24,28H,2-7,10-13,16H2,1H3,(H,29,34)(H,31,32). The molecule has 35 heavy (non-hydrogen) atoms. The van der Waals surface area contributed by atoms with E-state index in [1.165, 1.54) is 0 Å². The summed E-state index contributed by atoms with van der Waals surface area (Å²) in [6.45, 7) is 1.03. The third-order valence-corrected chi connectivity index (χ3v) is 7.53. The van der Waals surface area contributed by atoms with Gasteiger partial charge in [0.25, 0.3) is 11.7 Å². The molecule has 1 heterocycles. The number of aromatic nitrogens is 1. The van der Waals surface area contributed by atoms with Crippen LogP contribution < -0.4 is 5.32 Å². The highest BCUT2D eigenvalue weighted by molar-refractivity contribution is 6.45. The smallest absolute Gasteiger partial charge is 0.323 e. The van der Waals surface area contributed by atoms with E-state index in [0.717, 1.165) is 74.6 Å². The van der Waals surface area contributed by atoms with Gasteiger partial charge in [-0.1, -0.05) is 56.7 Å². The Labute approximate surface area is 205 Å². The van der Waals surface area contributed by atoms with E-state index >= 15 is 0 Å². The molecule has 188 valence electrons. The zero-order valence-corrected chi connectivity index (χ0v) is 20.3. The molecule has 0 spiro atoms. The number of hydrogen-bond acceptors (Lipinski definition) is 4. The quantitative estimate of drug-likeness (QED) is 0.389.